The van der Waals surface area contributed by atoms with Crippen molar-refractivity contribution in [1.82, 2.24) is 15.0 Å². The molecule has 20 heavy (non-hydrogen) atoms. The van der Waals surface area contributed by atoms with Crippen molar-refractivity contribution >= 4 is 0 Å². The topological polar surface area (TPSA) is 75.2 Å². The summed E-state index contributed by atoms with van der Waals surface area (Å²) in [6.07, 6.45) is -0.122. The van der Waals surface area contributed by atoms with Crippen LogP contribution in [0.25, 0.3) is 0 Å². The molecule has 3 unspecified atom stereocenters. The van der Waals surface area contributed by atoms with Crippen molar-refractivity contribution < 1.29 is 9.26 Å². The van der Waals surface area contributed by atoms with E-state index in [1.54, 1.807) is 0 Å². The quantitative estimate of drug-likeness (QED) is 0.837. The van der Waals surface area contributed by atoms with E-state index >= 15 is 0 Å². The first-order chi connectivity index (χ1) is 9.57. The molecule has 0 bridgehead atoms. The molecule has 108 valence electrons. The van der Waals surface area contributed by atoms with E-state index < -0.39 is 0 Å². The largest absolute Gasteiger partial charge is 0.367 e. The SMILES string of the molecule is CCN1CCOC(c2noc(C3C(C#N)C3(C)C)n2)C1. The normalized spacial score (nSPS) is 32.8. The van der Waals surface area contributed by atoms with Gasteiger partial charge in [0.05, 0.1) is 24.5 Å². The minimum absolute atomic E-state index is 0.0322. The Bertz CT molecular complexity index is 534. The van der Waals surface area contributed by atoms with Gasteiger partial charge in [-0.15, -0.1) is 0 Å². The number of ether oxygens (including phenoxy) is 1. The third-order valence-corrected chi connectivity index (χ3v) is 4.58. The van der Waals surface area contributed by atoms with Crippen LogP contribution in [-0.2, 0) is 4.74 Å². The lowest BCUT2D eigenvalue weighted by molar-refractivity contribution is -0.0334. The zero-order chi connectivity index (χ0) is 14.3. The van der Waals surface area contributed by atoms with Gasteiger partial charge in [-0.3, -0.25) is 4.90 Å². The summed E-state index contributed by atoms with van der Waals surface area (Å²) in [5, 5.41) is 13.2. The van der Waals surface area contributed by atoms with Crippen LogP contribution in [0.4, 0.5) is 0 Å². The highest BCUT2D eigenvalue weighted by Gasteiger charge is 2.62. The van der Waals surface area contributed by atoms with Gasteiger partial charge in [0.1, 0.15) is 6.10 Å². The summed E-state index contributed by atoms with van der Waals surface area (Å²) in [6.45, 7) is 9.69. The summed E-state index contributed by atoms with van der Waals surface area (Å²) in [5.41, 5.74) is -0.0680. The summed E-state index contributed by atoms with van der Waals surface area (Å²) >= 11 is 0. The third kappa shape index (κ3) is 2.11. The smallest absolute Gasteiger partial charge is 0.231 e. The second kappa shape index (κ2) is 4.83. The predicted molar refractivity (Wildman–Crippen MR) is 70.7 cm³/mol. The van der Waals surface area contributed by atoms with Gasteiger partial charge in [0, 0.05) is 13.1 Å². The van der Waals surface area contributed by atoms with E-state index in [9.17, 15) is 0 Å². The summed E-state index contributed by atoms with van der Waals surface area (Å²) in [4.78, 5) is 6.79. The van der Waals surface area contributed by atoms with Gasteiger partial charge in [-0.05, 0) is 12.0 Å². The summed E-state index contributed by atoms with van der Waals surface area (Å²) in [7, 11) is 0. The fourth-order valence-corrected chi connectivity index (χ4v) is 2.99. The Kier molecular flexibility index (Phi) is 3.27. The fourth-order valence-electron chi connectivity index (χ4n) is 2.99. The van der Waals surface area contributed by atoms with E-state index in [1.807, 2.05) is 0 Å². The van der Waals surface area contributed by atoms with Crippen molar-refractivity contribution in [2.75, 3.05) is 26.2 Å². The summed E-state index contributed by atoms with van der Waals surface area (Å²) in [5.74, 6) is 1.21. The number of hydrogen-bond acceptors (Lipinski definition) is 6. The summed E-state index contributed by atoms with van der Waals surface area (Å²) < 4.78 is 11.1. The van der Waals surface area contributed by atoms with Crippen LogP contribution >= 0.6 is 0 Å². The lowest BCUT2D eigenvalue weighted by Gasteiger charge is -2.30. The van der Waals surface area contributed by atoms with Crippen LogP contribution in [0.1, 0.15) is 44.5 Å². The Morgan fingerprint density at radius 3 is 2.95 bits per heavy atom. The van der Waals surface area contributed by atoms with E-state index in [4.69, 9.17) is 14.5 Å². The number of nitriles is 1. The number of rotatable bonds is 3. The second-order valence-corrected chi connectivity index (χ2v) is 6.15. The molecule has 3 atom stereocenters. The molecule has 0 N–H and O–H groups in total. The van der Waals surface area contributed by atoms with Crippen molar-refractivity contribution in [2.45, 2.75) is 32.8 Å². The van der Waals surface area contributed by atoms with E-state index in [-0.39, 0.29) is 23.4 Å². The van der Waals surface area contributed by atoms with Gasteiger partial charge < -0.3 is 9.26 Å². The minimum atomic E-state index is -0.122. The molecule has 1 aliphatic carbocycles. The van der Waals surface area contributed by atoms with Gasteiger partial charge in [-0.1, -0.05) is 25.9 Å². The Morgan fingerprint density at radius 2 is 2.30 bits per heavy atom. The van der Waals surface area contributed by atoms with Crippen LogP contribution in [0.2, 0.25) is 0 Å². The number of aromatic nitrogens is 2. The maximum Gasteiger partial charge on any atom is 0.231 e. The van der Waals surface area contributed by atoms with Gasteiger partial charge in [0.2, 0.25) is 11.7 Å². The monoisotopic (exact) mass is 276 g/mol. The van der Waals surface area contributed by atoms with E-state index in [0.29, 0.717) is 18.3 Å². The van der Waals surface area contributed by atoms with E-state index in [2.05, 4.69) is 41.9 Å². The van der Waals surface area contributed by atoms with Gasteiger partial charge in [-0.25, -0.2) is 0 Å². The Morgan fingerprint density at radius 1 is 1.50 bits per heavy atom. The molecule has 2 fully saturated rings. The molecule has 2 heterocycles. The molecule has 6 heteroatoms. The van der Waals surface area contributed by atoms with E-state index in [0.717, 1.165) is 19.6 Å². The zero-order valence-corrected chi connectivity index (χ0v) is 12.2. The first kappa shape index (κ1) is 13.5. The first-order valence-corrected chi connectivity index (χ1v) is 7.15. The van der Waals surface area contributed by atoms with Crippen LogP contribution in [0, 0.1) is 22.7 Å². The molecule has 0 aromatic carbocycles. The third-order valence-electron chi connectivity index (χ3n) is 4.58. The highest BCUT2D eigenvalue weighted by molar-refractivity contribution is 5.26. The highest BCUT2D eigenvalue weighted by Crippen LogP contribution is 2.63. The van der Waals surface area contributed by atoms with E-state index in [1.165, 1.54) is 0 Å². The summed E-state index contributed by atoms with van der Waals surface area (Å²) in [6, 6.07) is 2.32. The highest BCUT2D eigenvalue weighted by atomic mass is 16.5. The molecule has 6 nitrogen and oxygen atoms in total. The molecule has 1 aromatic rings. The molecule has 1 saturated heterocycles. The number of hydrogen-bond donors (Lipinski definition) is 0. The predicted octanol–water partition coefficient (Wildman–Crippen LogP) is 1.73. The Labute approximate surface area is 118 Å². The van der Waals surface area contributed by atoms with Crippen LogP contribution in [-0.4, -0.2) is 41.3 Å². The van der Waals surface area contributed by atoms with Crippen LogP contribution in [0.5, 0.6) is 0 Å². The van der Waals surface area contributed by atoms with Crippen molar-refractivity contribution in [2.24, 2.45) is 11.3 Å². The maximum absolute atomic E-state index is 9.12. The Hall–Kier alpha value is -1.45. The Balaban J connectivity index is 1.73. The lowest BCUT2D eigenvalue weighted by atomic mass is 10.1. The molecule has 1 aliphatic heterocycles. The molecular weight excluding hydrogens is 256 g/mol. The van der Waals surface area contributed by atoms with Crippen LogP contribution < -0.4 is 0 Å². The van der Waals surface area contributed by atoms with Crippen LogP contribution in [0.3, 0.4) is 0 Å². The molecule has 2 aliphatic rings. The van der Waals surface area contributed by atoms with Crippen molar-refractivity contribution in [1.29, 1.82) is 5.26 Å². The van der Waals surface area contributed by atoms with Crippen LogP contribution in [0.15, 0.2) is 4.52 Å². The van der Waals surface area contributed by atoms with Crippen molar-refractivity contribution in [3.8, 4) is 6.07 Å². The number of likely N-dealkylation sites (N-methyl/N-ethyl adjacent to an activating group) is 1. The average molecular weight is 276 g/mol. The molecular formula is C14H20N4O2. The molecule has 0 spiro atoms. The minimum Gasteiger partial charge on any atom is -0.367 e. The number of morpholine rings is 1. The molecule has 0 radical (unpaired) electrons. The van der Waals surface area contributed by atoms with Crippen molar-refractivity contribution in [3.05, 3.63) is 11.7 Å². The maximum atomic E-state index is 9.12. The number of nitrogens with zero attached hydrogens (tertiary/aromatic N) is 4. The zero-order valence-electron chi connectivity index (χ0n) is 12.2. The van der Waals surface area contributed by atoms with Gasteiger partial charge in [0.25, 0.3) is 0 Å². The average Bonchev–Trinajstić information content (AvgIpc) is 2.81. The standard InChI is InChI=1S/C14H20N4O2/c1-4-18-5-6-19-10(8-18)12-16-13(20-17-12)11-9(7-15)14(11,2)3/h9-11H,4-6,8H2,1-3H3. The van der Waals surface area contributed by atoms with Gasteiger partial charge >= 0.3 is 0 Å². The lowest BCUT2D eigenvalue weighted by Crippen LogP contribution is -2.38. The van der Waals surface area contributed by atoms with Crippen molar-refractivity contribution in [3.63, 3.8) is 0 Å². The molecule has 3 rings (SSSR count). The molecule has 0 amide bonds. The van der Waals surface area contributed by atoms with Gasteiger partial charge in [-0.2, -0.15) is 10.2 Å². The van der Waals surface area contributed by atoms with Gasteiger partial charge in [0.15, 0.2) is 0 Å². The molecule has 1 aromatic heterocycles. The fraction of sp³-hybridized carbons (Fsp3) is 0.786. The molecule has 1 saturated carbocycles. The first-order valence-electron chi connectivity index (χ1n) is 7.15. The second-order valence-electron chi connectivity index (χ2n) is 6.15.